The van der Waals surface area contributed by atoms with Crippen molar-refractivity contribution in [3.05, 3.63) is 71.5 Å². The van der Waals surface area contributed by atoms with Gasteiger partial charge in [-0.05, 0) is 36.6 Å². The molecule has 0 bridgehead atoms. The monoisotopic (exact) mass is 428 g/mol. The molecule has 1 atom stereocenters. The summed E-state index contributed by atoms with van der Waals surface area (Å²) in [6, 6.07) is 15.0. The standard InChI is InChI=1S/C25H33FN2O3/c1-4-31-16-8-15-27-24(29)23(17-20-9-6-5-7-10-20)28(25(30)19(2)3)18-21-11-13-22(26)14-12-21/h5-7,9-14,19,23H,4,8,15-18H2,1-3H3,(H,27,29)/t23-/m1/s1. The van der Waals surface area contributed by atoms with Crippen molar-refractivity contribution in [2.45, 2.75) is 46.2 Å². The third kappa shape index (κ3) is 8.13. The van der Waals surface area contributed by atoms with Crippen molar-refractivity contribution in [2.75, 3.05) is 19.8 Å². The summed E-state index contributed by atoms with van der Waals surface area (Å²) in [7, 11) is 0. The van der Waals surface area contributed by atoms with E-state index >= 15 is 0 Å². The molecule has 0 radical (unpaired) electrons. The van der Waals surface area contributed by atoms with Crippen LogP contribution in [-0.4, -0.2) is 42.5 Å². The minimum Gasteiger partial charge on any atom is -0.382 e. The van der Waals surface area contributed by atoms with E-state index in [1.165, 1.54) is 12.1 Å². The Morgan fingerprint density at radius 1 is 1.03 bits per heavy atom. The summed E-state index contributed by atoms with van der Waals surface area (Å²) in [6.07, 6.45) is 1.10. The van der Waals surface area contributed by atoms with E-state index in [4.69, 9.17) is 4.74 Å². The maximum absolute atomic E-state index is 13.4. The van der Waals surface area contributed by atoms with E-state index in [1.54, 1.807) is 17.0 Å². The molecule has 0 fully saturated rings. The zero-order valence-corrected chi connectivity index (χ0v) is 18.6. The third-order valence-corrected chi connectivity index (χ3v) is 4.96. The fraction of sp³-hybridized carbons (Fsp3) is 0.440. The quantitative estimate of drug-likeness (QED) is 0.521. The molecule has 0 spiro atoms. The maximum Gasteiger partial charge on any atom is 0.243 e. The highest BCUT2D eigenvalue weighted by molar-refractivity contribution is 5.88. The number of carbonyl (C=O) groups excluding carboxylic acids is 2. The first kappa shape index (κ1) is 24.5. The van der Waals surface area contributed by atoms with Gasteiger partial charge in [0.1, 0.15) is 11.9 Å². The minimum atomic E-state index is -0.672. The number of ether oxygens (including phenoxy) is 1. The fourth-order valence-electron chi connectivity index (χ4n) is 3.29. The number of carbonyl (C=O) groups is 2. The molecule has 0 saturated heterocycles. The first-order chi connectivity index (χ1) is 14.9. The van der Waals surface area contributed by atoms with Gasteiger partial charge in [0.05, 0.1) is 0 Å². The Morgan fingerprint density at radius 2 is 1.71 bits per heavy atom. The highest BCUT2D eigenvalue weighted by atomic mass is 19.1. The van der Waals surface area contributed by atoms with Crippen LogP contribution in [0.1, 0.15) is 38.3 Å². The topological polar surface area (TPSA) is 58.6 Å². The van der Waals surface area contributed by atoms with Crippen molar-refractivity contribution >= 4 is 11.8 Å². The Labute approximate surface area is 184 Å². The second-order valence-corrected chi connectivity index (χ2v) is 7.79. The molecule has 0 saturated carbocycles. The third-order valence-electron chi connectivity index (χ3n) is 4.96. The molecule has 0 aliphatic rings. The largest absolute Gasteiger partial charge is 0.382 e. The van der Waals surface area contributed by atoms with Crippen LogP contribution in [0.4, 0.5) is 4.39 Å². The first-order valence-corrected chi connectivity index (χ1v) is 10.9. The number of rotatable bonds is 12. The van der Waals surface area contributed by atoms with Crippen LogP contribution in [0.25, 0.3) is 0 Å². The van der Waals surface area contributed by atoms with E-state index in [9.17, 15) is 14.0 Å². The number of hydrogen-bond donors (Lipinski definition) is 1. The van der Waals surface area contributed by atoms with Crippen molar-refractivity contribution in [1.82, 2.24) is 10.2 Å². The molecule has 31 heavy (non-hydrogen) atoms. The summed E-state index contributed by atoms with van der Waals surface area (Å²) in [4.78, 5) is 27.9. The van der Waals surface area contributed by atoms with Gasteiger partial charge in [-0.25, -0.2) is 4.39 Å². The molecular formula is C25H33FN2O3. The average Bonchev–Trinajstić information content (AvgIpc) is 2.77. The van der Waals surface area contributed by atoms with E-state index in [-0.39, 0.29) is 30.1 Å². The van der Waals surface area contributed by atoms with E-state index in [0.29, 0.717) is 32.6 Å². The lowest BCUT2D eigenvalue weighted by Crippen LogP contribution is -2.51. The van der Waals surface area contributed by atoms with Crippen LogP contribution in [0.2, 0.25) is 0 Å². The first-order valence-electron chi connectivity index (χ1n) is 10.9. The second kappa shape index (κ2) is 12.8. The number of nitrogens with zero attached hydrogens (tertiary/aromatic N) is 1. The van der Waals surface area contributed by atoms with Gasteiger partial charge in [-0.3, -0.25) is 9.59 Å². The summed E-state index contributed by atoms with van der Waals surface area (Å²) in [5.74, 6) is -0.922. The number of nitrogens with one attached hydrogen (secondary N) is 1. The van der Waals surface area contributed by atoms with Gasteiger partial charge in [-0.1, -0.05) is 56.3 Å². The predicted octanol–water partition coefficient (Wildman–Crippen LogP) is 3.96. The zero-order valence-electron chi connectivity index (χ0n) is 18.6. The van der Waals surface area contributed by atoms with Crippen LogP contribution in [0.3, 0.4) is 0 Å². The number of benzene rings is 2. The predicted molar refractivity (Wildman–Crippen MR) is 120 cm³/mol. The molecule has 6 heteroatoms. The maximum atomic E-state index is 13.4. The molecule has 0 unspecified atom stereocenters. The van der Waals surface area contributed by atoms with Gasteiger partial charge in [0.15, 0.2) is 0 Å². The molecular weight excluding hydrogens is 395 g/mol. The summed E-state index contributed by atoms with van der Waals surface area (Å²) in [5, 5.41) is 2.96. The van der Waals surface area contributed by atoms with Gasteiger partial charge in [-0.2, -0.15) is 0 Å². The SMILES string of the molecule is CCOCCCNC(=O)[C@@H](Cc1ccccc1)N(Cc1ccc(F)cc1)C(=O)C(C)C. The van der Waals surface area contributed by atoms with Crippen molar-refractivity contribution in [2.24, 2.45) is 5.92 Å². The zero-order chi connectivity index (χ0) is 22.6. The van der Waals surface area contributed by atoms with Crippen molar-refractivity contribution in [3.63, 3.8) is 0 Å². The van der Waals surface area contributed by atoms with Crippen molar-refractivity contribution in [1.29, 1.82) is 0 Å². The molecule has 168 valence electrons. The van der Waals surface area contributed by atoms with Crippen LogP contribution in [0.5, 0.6) is 0 Å². The Kier molecular flexibility index (Phi) is 10.2. The molecule has 0 aliphatic heterocycles. The Bertz CT molecular complexity index is 809. The minimum absolute atomic E-state index is 0.116. The van der Waals surface area contributed by atoms with Gasteiger partial charge < -0.3 is 15.0 Å². The number of halogens is 1. The molecule has 2 aromatic carbocycles. The van der Waals surface area contributed by atoms with Gasteiger partial charge in [-0.15, -0.1) is 0 Å². The van der Waals surface area contributed by atoms with Crippen LogP contribution in [-0.2, 0) is 27.3 Å². The summed E-state index contributed by atoms with van der Waals surface area (Å²) in [5.41, 5.74) is 1.75. The molecule has 0 heterocycles. The highest BCUT2D eigenvalue weighted by Gasteiger charge is 2.31. The van der Waals surface area contributed by atoms with Crippen molar-refractivity contribution < 1.29 is 18.7 Å². The molecule has 0 aromatic heterocycles. The Balaban J connectivity index is 2.26. The van der Waals surface area contributed by atoms with E-state index in [2.05, 4.69) is 5.32 Å². The van der Waals surface area contributed by atoms with Crippen LogP contribution >= 0.6 is 0 Å². The second-order valence-electron chi connectivity index (χ2n) is 7.79. The average molecular weight is 429 g/mol. The van der Waals surface area contributed by atoms with E-state index in [1.807, 2.05) is 51.1 Å². The smallest absolute Gasteiger partial charge is 0.243 e. The van der Waals surface area contributed by atoms with Gasteiger partial charge >= 0.3 is 0 Å². The molecule has 1 N–H and O–H groups in total. The van der Waals surface area contributed by atoms with Gasteiger partial charge in [0.25, 0.3) is 0 Å². The van der Waals surface area contributed by atoms with E-state index < -0.39 is 6.04 Å². The highest BCUT2D eigenvalue weighted by Crippen LogP contribution is 2.17. The lowest BCUT2D eigenvalue weighted by molar-refractivity contribution is -0.143. The van der Waals surface area contributed by atoms with Crippen LogP contribution in [0, 0.1) is 11.7 Å². The van der Waals surface area contributed by atoms with Crippen LogP contribution in [0.15, 0.2) is 54.6 Å². The lowest BCUT2D eigenvalue weighted by Gasteiger charge is -2.32. The molecule has 2 amide bonds. The number of amides is 2. The normalized spacial score (nSPS) is 11.9. The van der Waals surface area contributed by atoms with Crippen molar-refractivity contribution in [3.8, 4) is 0 Å². The molecule has 0 aliphatic carbocycles. The Hall–Kier alpha value is -2.73. The molecule has 2 aromatic rings. The summed E-state index contributed by atoms with van der Waals surface area (Å²) in [6.45, 7) is 7.49. The Morgan fingerprint density at radius 3 is 2.32 bits per heavy atom. The van der Waals surface area contributed by atoms with Gasteiger partial charge in [0, 0.05) is 38.6 Å². The lowest BCUT2D eigenvalue weighted by atomic mass is 10.0. The fourth-order valence-corrected chi connectivity index (χ4v) is 3.29. The van der Waals surface area contributed by atoms with Crippen LogP contribution < -0.4 is 5.32 Å². The summed E-state index contributed by atoms with van der Waals surface area (Å²) >= 11 is 0. The van der Waals surface area contributed by atoms with E-state index in [0.717, 1.165) is 11.1 Å². The summed E-state index contributed by atoms with van der Waals surface area (Å²) < 4.78 is 18.7. The van der Waals surface area contributed by atoms with Gasteiger partial charge in [0.2, 0.25) is 11.8 Å². The number of hydrogen-bond acceptors (Lipinski definition) is 3. The molecule has 5 nitrogen and oxygen atoms in total. The molecule has 2 rings (SSSR count).